The highest BCUT2D eigenvalue weighted by Gasteiger charge is 2.18. The van der Waals surface area contributed by atoms with Crippen molar-refractivity contribution in [2.75, 3.05) is 33.4 Å². The van der Waals surface area contributed by atoms with E-state index in [2.05, 4.69) is 12.2 Å². The van der Waals surface area contributed by atoms with Gasteiger partial charge in [-0.05, 0) is 13.8 Å². The topological polar surface area (TPSA) is 39.7 Å². The zero-order valence-electron chi connectivity index (χ0n) is 9.29. The summed E-state index contributed by atoms with van der Waals surface area (Å²) in [6, 6.07) is 0. The molecule has 0 aromatic carbocycles. The van der Waals surface area contributed by atoms with Gasteiger partial charge in [0.05, 0.1) is 31.5 Å². The van der Waals surface area contributed by atoms with E-state index in [-0.39, 0.29) is 18.3 Å². The molecule has 0 saturated carbocycles. The minimum absolute atomic E-state index is 0.156. The number of methoxy groups -OCH3 is 1. The van der Waals surface area contributed by atoms with Gasteiger partial charge in [0.15, 0.2) is 0 Å². The molecule has 1 aliphatic rings. The first-order chi connectivity index (χ1) is 6.72. The zero-order chi connectivity index (χ0) is 10.4. The molecular formula is C10H21NO3. The fourth-order valence-corrected chi connectivity index (χ4v) is 1.40. The molecular weight excluding hydrogens is 182 g/mol. The molecule has 4 heteroatoms. The standard InChI is InChI=1S/C10H21NO3/c1-8-4-11-5-10(14-8)7-13-6-9(2)12-3/h8-11H,4-7H2,1-3H3. The van der Waals surface area contributed by atoms with Gasteiger partial charge in [-0.15, -0.1) is 0 Å². The average Bonchev–Trinajstić information content (AvgIpc) is 2.17. The summed E-state index contributed by atoms with van der Waals surface area (Å²) in [6.45, 7) is 7.14. The Morgan fingerprint density at radius 1 is 1.50 bits per heavy atom. The Kier molecular flexibility index (Phi) is 5.40. The molecule has 14 heavy (non-hydrogen) atoms. The Labute approximate surface area is 85.9 Å². The van der Waals surface area contributed by atoms with Crippen LogP contribution in [0.2, 0.25) is 0 Å². The highest BCUT2D eigenvalue weighted by atomic mass is 16.6. The summed E-state index contributed by atoms with van der Waals surface area (Å²) in [6.07, 6.45) is 0.629. The van der Waals surface area contributed by atoms with Crippen LogP contribution in [0, 0.1) is 0 Å². The maximum Gasteiger partial charge on any atom is 0.0936 e. The molecule has 1 fully saturated rings. The van der Waals surface area contributed by atoms with Crippen molar-refractivity contribution in [2.45, 2.75) is 32.2 Å². The molecule has 0 aromatic rings. The van der Waals surface area contributed by atoms with Crippen molar-refractivity contribution in [3.63, 3.8) is 0 Å². The predicted molar refractivity (Wildman–Crippen MR) is 54.5 cm³/mol. The summed E-state index contributed by atoms with van der Waals surface area (Å²) in [7, 11) is 1.69. The second-order valence-electron chi connectivity index (χ2n) is 3.81. The minimum atomic E-state index is 0.156. The van der Waals surface area contributed by atoms with Crippen LogP contribution in [0.4, 0.5) is 0 Å². The van der Waals surface area contributed by atoms with Gasteiger partial charge in [-0.25, -0.2) is 0 Å². The number of morpholine rings is 1. The van der Waals surface area contributed by atoms with Crippen LogP contribution in [0.25, 0.3) is 0 Å². The van der Waals surface area contributed by atoms with Crippen molar-refractivity contribution in [1.29, 1.82) is 0 Å². The summed E-state index contributed by atoms with van der Waals surface area (Å²) in [5.41, 5.74) is 0. The molecule has 0 bridgehead atoms. The molecule has 0 amide bonds. The van der Waals surface area contributed by atoms with Crippen molar-refractivity contribution in [2.24, 2.45) is 0 Å². The lowest BCUT2D eigenvalue weighted by atomic mass is 10.2. The van der Waals surface area contributed by atoms with Crippen LogP contribution in [0.1, 0.15) is 13.8 Å². The zero-order valence-corrected chi connectivity index (χ0v) is 9.29. The largest absolute Gasteiger partial charge is 0.379 e. The third-order valence-corrected chi connectivity index (χ3v) is 2.29. The smallest absolute Gasteiger partial charge is 0.0936 e. The molecule has 1 rings (SSSR count). The molecule has 3 atom stereocenters. The van der Waals surface area contributed by atoms with Crippen molar-refractivity contribution >= 4 is 0 Å². The first-order valence-electron chi connectivity index (χ1n) is 5.19. The number of hydrogen-bond donors (Lipinski definition) is 1. The van der Waals surface area contributed by atoms with Gasteiger partial charge in [0.25, 0.3) is 0 Å². The molecule has 0 aromatic heterocycles. The lowest BCUT2D eigenvalue weighted by Crippen LogP contribution is -2.45. The fourth-order valence-electron chi connectivity index (χ4n) is 1.40. The van der Waals surface area contributed by atoms with Crippen molar-refractivity contribution in [3.8, 4) is 0 Å². The summed E-state index contributed by atoms with van der Waals surface area (Å²) in [5.74, 6) is 0. The second kappa shape index (κ2) is 6.35. The van der Waals surface area contributed by atoms with Gasteiger partial charge in [0, 0.05) is 20.2 Å². The van der Waals surface area contributed by atoms with Crippen LogP contribution >= 0.6 is 0 Å². The normalized spacial score (nSPS) is 30.2. The Bertz CT molecular complexity index is 154. The highest BCUT2D eigenvalue weighted by molar-refractivity contribution is 4.71. The number of nitrogens with one attached hydrogen (secondary N) is 1. The first-order valence-corrected chi connectivity index (χ1v) is 5.19. The van der Waals surface area contributed by atoms with Crippen LogP contribution in [-0.4, -0.2) is 51.7 Å². The van der Waals surface area contributed by atoms with Crippen LogP contribution in [-0.2, 0) is 14.2 Å². The lowest BCUT2D eigenvalue weighted by molar-refractivity contribution is -0.0808. The van der Waals surface area contributed by atoms with Gasteiger partial charge >= 0.3 is 0 Å². The second-order valence-corrected chi connectivity index (χ2v) is 3.81. The van der Waals surface area contributed by atoms with Gasteiger partial charge in [-0.2, -0.15) is 0 Å². The van der Waals surface area contributed by atoms with Crippen LogP contribution < -0.4 is 5.32 Å². The Morgan fingerprint density at radius 2 is 2.29 bits per heavy atom. The Balaban J connectivity index is 2.05. The monoisotopic (exact) mass is 203 g/mol. The molecule has 0 radical (unpaired) electrons. The van der Waals surface area contributed by atoms with Crippen molar-refractivity contribution in [3.05, 3.63) is 0 Å². The fraction of sp³-hybridized carbons (Fsp3) is 1.00. The third-order valence-electron chi connectivity index (χ3n) is 2.29. The SMILES string of the molecule is COC(C)COCC1CNCC(C)O1. The molecule has 84 valence electrons. The van der Waals surface area contributed by atoms with Gasteiger partial charge in [-0.3, -0.25) is 0 Å². The predicted octanol–water partition coefficient (Wildman–Crippen LogP) is 0.415. The third kappa shape index (κ3) is 4.37. The molecule has 1 aliphatic heterocycles. The van der Waals surface area contributed by atoms with Gasteiger partial charge in [-0.1, -0.05) is 0 Å². The van der Waals surface area contributed by atoms with E-state index in [1.807, 2.05) is 6.92 Å². The van der Waals surface area contributed by atoms with E-state index in [9.17, 15) is 0 Å². The maximum absolute atomic E-state index is 5.67. The highest BCUT2D eigenvalue weighted by Crippen LogP contribution is 2.03. The molecule has 1 heterocycles. The number of ether oxygens (including phenoxy) is 3. The van der Waals surface area contributed by atoms with E-state index in [1.54, 1.807) is 7.11 Å². The van der Waals surface area contributed by atoms with Crippen LogP contribution in [0.15, 0.2) is 0 Å². The van der Waals surface area contributed by atoms with Gasteiger partial charge < -0.3 is 19.5 Å². The van der Waals surface area contributed by atoms with Crippen molar-refractivity contribution in [1.82, 2.24) is 5.32 Å². The van der Waals surface area contributed by atoms with E-state index in [4.69, 9.17) is 14.2 Å². The van der Waals surface area contributed by atoms with E-state index in [0.717, 1.165) is 13.1 Å². The average molecular weight is 203 g/mol. The maximum atomic E-state index is 5.67. The Hall–Kier alpha value is -0.160. The molecule has 0 spiro atoms. The first kappa shape index (κ1) is 11.9. The Morgan fingerprint density at radius 3 is 2.93 bits per heavy atom. The lowest BCUT2D eigenvalue weighted by Gasteiger charge is -2.28. The van der Waals surface area contributed by atoms with Crippen molar-refractivity contribution < 1.29 is 14.2 Å². The summed E-state index contributed by atoms with van der Waals surface area (Å²) in [4.78, 5) is 0. The minimum Gasteiger partial charge on any atom is -0.379 e. The van der Waals surface area contributed by atoms with Gasteiger partial charge in [0.2, 0.25) is 0 Å². The van der Waals surface area contributed by atoms with E-state index >= 15 is 0 Å². The molecule has 4 nitrogen and oxygen atoms in total. The quantitative estimate of drug-likeness (QED) is 0.703. The number of rotatable bonds is 5. The summed E-state index contributed by atoms with van der Waals surface area (Å²) in [5, 5.41) is 3.30. The van der Waals surface area contributed by atoms with E-state index < -0.39 is 0 Å². The van der Waals surface area contributed by atoms with Crippen LogP contribution in [0.3, 0.4) is 0 Å². The number of hydrogen-bond acceptors (Lipinski definition) is 4. The summed E-state index contributed by atoms with van der Waals surface area (Å²) < 4.78 is 16.2. The molecule has 3 unspecified atom stereocenters. The van der Waals surface area contributed by atoms with E-state index in [0.29, 0.717) is 13.2 Å². The molecule has 0 aliphatic carbocycles. The van der Waals surface area contributed by atoms with Crippen LogP contribution in [0.5, 0.6) is 0 Å². The van der Waals surface area contributed by atoms with E-state index in [1.165, 1.54) is 0 Å². The van der Waals surface area contributed by atoms with Gasteiger partial charge in [0.1, 0.15) is 0 Å². The molecule has 1 saturated heterocycles. The molecule has 1 N–H and O–H groups in total. The summed E-state index contributed by atoms with van der Waals surface area (Å²) >= 11 is 0.